The summed E-state index contributed by atoms with van der Waals surface area (Å²) < 4.78 is 0. The minimum atomic E-state index is -0.587. The molecule has 4 rings (SSSR count). The predicted molar refractivity (Wildman–Crippen MR) is 119 cm³/mol. The first-order valence-electron chi connectivity index (χ1n) is 10.3. The van der Waals surface area contributed by atoms with Crippen molar-refractivity contribution in [3.8, 4) is 0 Å². The molecule has 2 aromatic carbocycles. The molecule has 2 heterocycles. The second kappa shape index (κ2) is 8.58. The number of aryl methyl sites for hydroxylation is 1. The lowest BCUT2D eigenvalue weighted by atomic mass is 9.98. The van der Waals surface area contributed by atoms with Gasteiger partial charge in [0.2, 0.25) is 5.91 Å². The van der Waals surface area contributed by atoms with Gasteiger partial charge in [0.1, 0.15) is 11.4 Å². The van der Waals surface area contributed by atoms with Crippen LogP contribution in [0.1, 0.15) is 30.9 Å². The second-order valence-corrected chi connectivity index (χ2v) is 8.23. The van der Waals surface area contributed by atoms with Crippen LogP contribution < -0.4 is 10.6 Å². The van der Waals surface area contributed by atoms with E-state index < -0.39 is 5.66 Å². The van der Waals surface area contributed by atoms with Crippen LogP contribution in [0.25, 0.3) is 0 Å². The lowest BCUT2D eigenvalue weighted by Gasteiger charge is -2.36. The molecule has 1 saturated heterocycles. The van der Waals surface area contributed by atoms with Crippen LogP contribution in [0.5, 0.6) is 0 Å². The van der Waals surface area contributed by atoms with Crippen LogP contribution in [0.15, 0.2) is 53.5 Å². The summed E-state index contributed by atoms with van der Waals surface area (Å²) in [6.45, 7) is 3.78. The van der Waals surface area contributed by atoms with Crippen molar-refractivity contribution in [3.63, 3.8) is 0 Å². The Kier molecular flexibility index (Phi) is 5.88. The number of hydrogen-bond donors (Lipinski definition) is 2. The number of likely N-dealkylation sites (tertiary alicyclic amines) is 1. The molecule has 2 amide bonds. The van der Waals surface area contributed by atoms with Crippen molar-refractivity contribution in [2.75, 3.05) is 25.0 Å². The number of rotatable bonds is 5. The van der Waals surface area contributed by atoms with Gasteiger partial charge in [-0.2, -0.15) is 0 Å². The lowest BCUT2D eigenvalue weighted by Crippen LogP contribution is -2.52. The zero-order valence-electron chi connectivity index (χ0n) is 17.0. The normalized spacial score (nSPS) is 18.2. The summed E-state index contributed by atoms with van der Waals surface area (Å²) in [5.41, 5.74) is 2.57. The minimum Gasteiger partial charge on any atom is -0.326 e. The van der Waals surface area contributed by atoms with E-state index in [1.165, 1.54) is 0 Å². The van der Waals surface area contributed by atoms with E-state index in [1.807, 2.05) is 36.4 Å². The maximum atomic E-state index is 12.5. The van der Waals surface area contributed by atoms with Crippen molar-refractivity contribution in [2.24, 2.45) is 4.99 Å². The Bertz CT molecular complexity index is 996. The number of hydrogen-bond acceptors (Lipinski definition) is 4. The third-order valence-electron chi connectivity index (χ3n) is 5.71. The van der Waals surface area contributed by atoms with Gasteiger partial charge in [0.25, 0.3) is 5.91 Å². The highest BCUT2D eigenvalue weighted by Crippen LogP contribution is 2.29. The van der Waals surface area contributed by atoms with E-state index in [9.17, 15) is 9.59 Å². The monoisotopic (exact) mass is 424 g/mol. The Morgan fingerprint density at radius 1 is 1.20 bits per heavy atom. The molecule has 7 heteroatoms. The smallest absolute Gasteiger partial charge is 0.272 e. The van der Waals surface area contributed by atoms with Crippen molar-refractivity contribution in [2.45, 2.75) is 31.8 Å². The van der Waals surface area contributed by atoms with E-state index in [-0.39, 0.29) is 11.8 Å². The van der Waals surface area contributed by atoms with Gasteiger partial charge >= 0.3 is 0 Å². The van der Waals surface area contributed by atoms with Crippen molar-refractivity contribution >= 4 is 34.8 Å². The third kappa shape index (κ3) is 4.40. The van der Waals surface area contributed by atoms with E-state index in [2.05, 4.69) is 22.5 Å². The standard InChI is InChI=1S/C23H25ClN4O2/c1-2-16-6-3-4-9-19(16)25-20(29)15-28-12-10-23(11-13-28)26-21(22(30)27-23)17-7-5-8-18(24)14-17/h3-9,14H,2,10-13,15H2,1H3,(H,25,29)(H,27,30). The topological polar surface area (TPSA) is 73.8 Å². The summed E-state index contributed by atoms with van der Waals surface area (Å²) in [5.74, 6) is -0.190. The molecule has 2 aliphatic heterocycles. The molecule has 2 N–H and O–H groups in total. The van der Waals surface area contributed by atoms with Gasteiger partial charge in [-0.3, -0.25) is 19.5 Å². The van der Waals surface area contributed by atoms with Gasteiger partial charge in [-0.1, -0.05) is 48.9 Å². The molecule has 6 nitrogen and oxygen atoms in total. The Morgan fingerprint density at radius 2 is 1.97 bits per heavy atom. The van der Waals surface area contributed by atoms with Crippen LogP contribution >= 0.6 is 11.6 Å². The summed E-state index contributed by atoms with van der Waals surface area (Å²) in [5, 5.41) is 6.65. The fourth-order valence-corrected chi connectivity index (χ4v) is 4.25. The first-order chi connectivity index (χ1) is 14.5. The van der Waals surface area contributed by atoms with E-state index in [1.54, 1.807) is 12.1 Å². The molecule has 30 heavy (non-hydrogen) atoms. The van der Waals surface area contributed by atoms with Gasteiger partial charge in [-0.05, 0) is 30.2 Å². The Morgan fingerprint density at radius 3 is 2.70 bits per heavy atom. The van der Waals surface area contributed by atoms with Gasteiger partial charge in [0.15, 0.2) is 0 Å². The molecule has 0 saturated carbocycles. The van der Waals surface area contributed by atoms with Crippen LogP contribution in [0.3, 0.4) is 0 Å². The molecule has 2 aromatic rings. The number of benzene rings is 2. The number of para-hydroxylation sites is 1. The van der Waals surface area contributed by atoms with Gasteiger partial charge in [0, 0.05) is 42.2 Å². The van der Waals surface area contributed by atoms with Gasteiger partial charge in [0.05, 0.1) is 6.54 Å². The van der Waals surface area contributed by atoms with Crippen molar-refractivity contribution in [3.05, 3.63) is 64.7 Å². The Hall–Kier alpha value is -2.70. The number of piperidine rings is 1. The number of anilines is 1. The van der Waals surface area contributed by atoms with Crippen molar-refractivity contribution < 1.29 is 9.59 Å². The molecule has 156 valence electrons. The first kappa shape index (κ1) is 20.6. The quantitative estimate of drug-likeness (QED) is 0.773. The zero-order valence-corrected chi connectivity index (χ0v) is 17.7. The number of amides is 2. The van der Waals surface area contributed by atoms with Crippen LogP contribution in [0.4, 0.5) is 5.69 Å². The summed E-state index contributed by atoms with van der Waals surface area (Å²) in [7, 11) is 0. The fraction of sp³-hybridized carbons (Fsp3) is 0.348. The van der Waals surface area contributed by atoms with Gasteiger partial charge in [-0.15, -0.1) is 0 Å². The van der Waals surface area contributed by atoms with Crippen LogP contribution in [-0.2, 0) is 16.0 Å². The molecular weight excluding hydrogens is 400 g/mol. The lowest BCUT2D eigenvalue weighted by molar-refractivity contribution is -0.119. The van der Waals surface area contributed by atoms with Crippen LogP contribution in [-0.4, -0.2) is 47.7 Å². The number of carbonyl (C=O) groups is 2. The molecule has 0 bridgehead atoms. The first-order valence-corrected chi connectivity index (χ1v) is 10.6. The number of carbonyl (C=O) groups excluding carboxylic acids is 2. The Labute approximate surface area is 181 Å². The van der Waals surface area contributed by atoms with Crippen molar-refractivity contribution in [1.82, 2.24) is 10.2 Å². The average molecular weight is 425 g/mol. The second-order valence-electron chi connectivity index (χ2n) is 7.79. The average Bonchev–Trinajstić information content (AvgIpc) is 3.06. The van der Waals surface area contributed by atoms with Gasteiger partial charge < -0.3 is 10.6 Å². The molecule has 1 fully saturated rings. The maximum Gasteiger partial charge on any atom is 0.272 e. The summed E-state index contributed by atoms with van der Waals surface area (Å²) in [6.07, 6.45) is 2.21. The highest BCUT2D eigenvalue weighted by atomic mass is 35.5. The molecule has 1 spiro atoms. The number of nitrogens with one attached hydrogen (secondary N) is 2. The largest absolute Gasteiger partial charge is 0.326 e. The summed E-state index contributed by atoms with van der Waals surface area (Å²) >= 11 is 6.06. The molecule has 0 aromatic heterocycles. The fourth-order valence-electron chi connectivity index (χ4n) is 4.06. The molecule has 0 atom stereocenters. The molecular formula is C23H25ClN4O2. The van der Waals surface area contributed by atoms with E-state index >= 15 is 0 Å². The molecule has 2 aliphatic rings. The van der Waals surface area contributed by atoms with Crippen molar-refractivity contribution in [1.29, 1.82) is 0 Å². The van der Waals surface area contributed by atoms with Crippen LogP contribution in [0.2, 0.25) is 5.02 Å². The summed E-state index contributed by atoms with van der Waals surface area (Å²) in [6, 6.07) is 15.1. The van der Waals surface area contributed by atoms with E-state index in [0.717, 1.165) is 23.2 Å². The number of halogens is 1. The maximum absolute atomic E-state index is 12.5. The van der Waals surface area contributed by atoms with Crippen LogP contribution in [0, 0.1) is 0 Å². The highest BCUT2D eigenvalue weighted by molar-refractivity contribution is 6.47. The number of aliphatic imine (C=N–C) groups is 1. The van der Waals surface area contributed by atoms with Gasteiger partial charge in [-0.25, -0.2) is 0 Å². The molecule has 0 radical (unpaired) electrons. The minimum absolute atomic E-state index is 0.0228. The SMILES string of the molecule is CCc1ccccc1NC(=O)CN1CCC2(CC1)N=C(c1cccc(Cl)c1)C(=O)N2. The highest BCUT2D eigenvalue weighted by Gasteiger charge is 2.42. The molecule has 0 unspecified atom stereocenters. The van der Waals surface area contributed by atoms with E-state index in [0.29, 0.717) is 43.2 Å². The predicted octanol–water partition coefficient (Wildman–Crippen LogP) is 3.25. The molecule has 0 aliphatic carbocycles. The number of nitrogens with zero attached hydrogens (tertiary/aromatic N) is 2. The zero-order chi connectivity index (χ0) is 21.1. The summed E-state index contributed by atoms with van der Waals surface area (Å²) in [4.78, 5) is 31.9. The Balaban J connectivity index is 1.37. The van der Waals surface area contributed by atoms with E-state index in [4.69, 9.17) is 16.6 Å². The third-order valence-corrected chi connectivity index (χ3v) is 5.94.